The zero-order chi connectivity index (χ0) is 11.2. The van der Waals surface area contributed by atoms with Crippen LogP contribution in [0.3, 0.4) is 0 Å². The van der Waals surface area contributed by atoms with E-state index in [9.17, 15) is 0 Å². The van der Waals surface area contributed by atoms with E-state index in [2.05, 4.69) is 36.5 Å². The first-order valence-corrected chi connectivity index (χ1v) is 9.19. The van der Waals surface area contributed by atoms with E-state index in [0.717, 1.165) is 0 Å². The van der Waals surface area contributed by atoms with Gasteiger partial charge in [-0.1, -0.05) is 36.5 Å². The van der Waals surface area contributed by atoms with E-state index in [0.29, 0.717) is 0 Å². The average Bonchev–Trinajstić information content (AvgIpc) is 2.19. The van der Waals surface area contributed by atoms with Crippen LogP contribution < -0.4 is 0 Å². The van der Waals surface area contributed by atoms with E-state index in [-0.39, 0.29) is 15.9 Å². The van der Waals surface area contributed by atoms with Gasteiger partial charge in [0.1, 0.15) is 0 Å². The van der Waals surface area contributed by atoms with Gasteiger partial charge in [0.05, 0.1) is 0 Å². The molecule has 1 aliphatic rings. The Labute approximate surface area is 110 Å². The first kappa shape index (κ1) is 15.5. The Hall–Kier alpha value is 0.462. The van der Waals surface area contributed by atoms with Gasteiger partial charge in [0.2, 0.25) is 0 Å². The standard InChI is InChI=1S/C12H18.2ClH.Pd/c1-2-4-6-8-10-12-11-9-7-5-3-1;;;/h1-2,7-10H,3-6,11-12H2;2*1H;/q;;;+2/p-2/b2-1-,9-7-,10-8-;;;. The van der Waals surface area contributed by atoms with Crippen LogP contribution in [0.25, 0.3) is 0 Å². The van der Waals surface area contributed by atoms with Crippen molar-refractivity contribution < 1.29 is 15.9 Å². The molecule has 0 heterocycles. The van der Waals surface area contributed by atoms with Crippen molar-refractivity contribution in [1.29, 1.82) is 0 Å². The summed E-state index contributed by atoms with van der Waals surface area (Å²) >= 11 is -0.106. The minimum atomic E-state index is -0.106. The summed E-state index contributed by atoms with van der Waals surface area (Å²) < 4.78 is 0. The summed E-state index contributed by atoms with van der Waals surface area (Å²) in [6.45, 7) is 0. The number of hydrogen-bond donors (Lipinski definition) is 0. The Bertz CT molecular complexity index is 147. The van der Waals surface area contributed by atoms with Crippen molar-refractivity contribution in [3.05, 3.63) is 36.5 Å². The van der Waals surface area contributed by atoms with E-state index in [1.54, 1.807) is 0 Å². The Morgan fingerprint density at radius 3 is 0.800 bits per heavy atom. The van der Waals surface area contributed by atoms with Crippen molar-refractivity contribution in [2.75, 3.05) is 0 Å². The second-order valence-corrected chi connectivity index (χ2v) is 5.55. The molecule has 0 aromatic rings. The molecule has 0 amide bonds. The Balaban J connectivity index is 0.000000583. The summed E-state index contributed by atoms with van der Waals surface area (Å²) in [5.74, 6) is 0. The van der Waals surface area contributed by atoms with Crippen molar-refractivity contribution in [1.82, 2.24) is 0 Å². The summed E-state index contributed by atoms with van der Waals surface area (Å²) in [6, 6.07) is 0. The van der Waals surface area contributed by atoms with Gasteiger partial charge in [0.25, 0.3) is 0 Å². The average molecular weight is 340 g/mol. The fourth-order valence-electron chi connectivity index (χ4n) is 1.28. The monoisotopic (exact) mass is 338 g/mol. The van der Waals surface area contributed by atoms with Gasteiger partial charge < -0.3 is 0 Å². The summed E-state index contributed by atoms with van der Waals surface area (Å²) in [5.41, 5.74) is 0. The van der Waals surface area contributed by atoms with Crippen LogP contribution in [0.1, 0.15) is 38.5 Å². The van der Waals surface area contributed by atoms with Crippen molar-refractivity contribution in [2.45, 2.75) is 38.5 Å². The van der Waals surface area contributed by atoms with E-state index in [1.807, 2.05) is 0 Å². The molecule has 3 heteroatoms. The third kappa shape index (κ3) is 14.5. The molecule has 0 nitrogen and oxygen atoms in total. The van der Waals surface area contributed by atoms with Gasteiger partial charge in [0, 0.05) is 0 Å². The topological polar surface area (TPSA) is 0 Å². The fraction of sp³-hybridized carbons (Fsp3) is 0.500. The van der Waals surface area contributed by atoms with Crippen LogP contribution in [-0.4, -0.2) is 0 Å². The van der Waals surface area contributed by atoms with Crippen LogP contribution in [0.5, 0.6) is 0 Å². The molecule has 1 aliphatic carbocycles. The number of rotatable bonds is 0. The zero-order valence-corrected chi connectivity index (χ0v) is 11.8. The van der Waals surface area contributed by atoms with Gasteiger partial charge in [-0.15, -0.1) is 0 Å². The summed E-state index contributed by atoms with van der Waals surface area (Å²) in [4.78, 5) is 0. The molecule has 0 saturated heterocycles. The second-order valence-electron chi connectivity index (χ2n) is 3.19. The summed E-state index contributed by atoms with van der Waals surface area (Å²) in [7, 11) is 9.63. The van der Waals surface area contributed by atoms with E-state index < -0.39 is 0 Å². The molecule has 0 N–H and O–H groups in total. The molecule has 90 valence electrons. The van der Waals surface area contributed by atoms with Crippen LogP contribution in [0, 0.1) is 0 Å². The molecule has 0 saturated carbocycles. The van der Waals surface area contributed by atoms with Gasteiger partial charge in [-0.25, -0.2) is 0 Å². The van der Waals surface area contributed by atoms with Gasteiger partial charge in [-0.3, -0.25) is 0 Å². The fourth-order valence-corrected chi connectivity index (χ4v) is 1.28. The van der Waals surface area contributed by atoms with Gasteiger partial charge >= 0.3 is 35.0 Å². The second kappa shape index (κ2) is 14.5. The molecule has 0 atom stereocenters. The molecule has 0 unspecified atom stereocenters. The molecule has 15 heavy (non-hydrogen) atoms. The van der Waals surface area contributed by atoms with Crippen molar-refractivity contribution >= 4 is 19.1 Å². The van der Waals surface area contributed by atoms with E-state index in [4.69, 9.17) is 19.1 Å². The molecule has 0 aliphatic heterocycles. The van der Waals surface area contributed by atoms with Crippen molar-refractivity contribution in [2.24, 2.45) is 0 Å². The predicted octanol–water partition coefficient (Wildman–Crippen LogP) is 5.39. The Morgan fingerprint density at radius 2 is 0.667 bits per heavy atom. The molecule has 0 fully saturated rings. The van der Waals surface area contributed by atoms with Crippen LogP contribution >= 0.6 is 19.1 Å². The Morgan fingerprint density at radius 1 is 0.533 bits per heavy atom. The third-order valence-electron chi connectivity index (χ3n) is 2.00. The maximum atomic E-state index is 4.81. The quantitative estimate of drug-likeness (QED) is 0.410. The molecule has 0 radical (unpaired) electrons. The minimum absolute atomic E-state index is 0.106. The van der Waals surface area contributed by atoms with Gasteiger partial charge in [-0.2, -0.15) is 0 Å². The van der Waals surface area contributed by atoms with Crippen LogP contribution in [0.2, 0.25) is 0 Å². The van der Waals surface area contributed by atoms with E-state index >= 15 is 0 Å². The van der Waals surface area contributed by atoms with Crippen LogP contribution in [-0.2, 0) is 15.9 Å². The number of hydrogen-bond acceptors (Lipinski definition) is 0. The number of allylic oxidation sites excluding steroid dienone is 6. The van der Waals surface area contributed by atoms with Crippen LogP contribution in [0.4, 0.5) is 0 Å². The summed E-state index contributed by atoms with van der Waals surface area (Å²) in [6.07, 6.45) is 21.0. The zero-order valence-electron chi connectivity index (χ0n) is 8.78. The molecular formula is C12H18Cl2Pd. The first-order valence-electron chi connectivity index (χ1n) is 5.19. The van der Waals surface area contributed by atoms with Gasteiger partial charge in [0.15, 0.2) is 0 Å². The first-order chi connectivity index (χ1) is 7.41. The predicted molar refractivity (Wildman–Crippen MR) is 66.8 cm³/mol. The third-order valence-corrected chi connectivity index (χ3v) is 2.00. The molecule has 0 aromatic heterocycles. The summed E-state index contributed by atoms with van der Waals surface area (Å²) in [5, 5.41) is 0. The van der Waals surface area contributed by atoms with E-state index in [1.165, 1.54) is 38.5 Å². The number of halogens is 2. The molecule has 1 rings (SSSR count). The molecule has 0 aromatic carbocycles. The Kier molecular flexibility index (Phi) is 14.9. The van der Waals surface area contributed by atoms with Crippen molar-refractivity contribution in [3.8, 4) is 0 Å². The molecular weight excluding hydrogens is 321 g/mol. The van der Waals surface area contributed by atoms with Crippen LogP contribution in [0.15, 0.2) is 36.5 Å². The van der Waals surface area contributed by atoms with Gasteiger partial charge in [-0.05, 0) is 38.5 Å². The molecule has 0 bridgehead atoms. The molecule has 0 spiro atoms. The maximum absolute atomic E-state index is 4.81. The SMILES string of the molecule is C1=C\CC/C=C\CC/C=C\CC/1.[Cl][Pd][Cl]. The van der Waals surface area contributed by atoms with Crippen molar-refractivity contribution in [3.63, 3.8) is 0 Å². The normalized spacial score (nSPS) is 23.9.